The number of carbonyl (C=O) groups excluding carboxylic acids is 1. The molecule has 2 heterocycles. The summed E-state index contributed by atoms with van der Waals surface area (Å²) >= 11 is 0. The number of allylic oxidation sites excluding steroid dienone is 2. The summed E-state index contributed by atoms with van der Waals surface area (Å²) in [5, 5.41) is 74.8. The molecule has 0 aromatic rings. The van der Waals surface area contributed by atoms with Crippen molar-refractivity contribution in [1.29, 1.82) is 0 Å². The van der Waals surface area contributed by atoms with Crippen molar-refractivity contribution in [1.82, 2.24) is 0 Å². The number of hydrogen-bond donors (Lipinski definition) is 7. The van der Waals surface area contributed by atoms with E-state index in [4.69, 9.17) is 18.9 Å². The molecule has 2 saturated heterocycles. The summed E-state index contributed by atoms with van der Waals surface area (Å²) in [6, 6.07) is 0. The fourth-order valence-corrected chi connectivity index (χ4v) is 8.80. The summed E-state index contributed by atoms with van der Waals surface area (Å²) in [6.07, 6.45) is -10.0. The van der Waals surface area contributed by atoms with E-state index in [1.807, 2.05) is 13.8 Å². The SMILES string of the molecule is COC1=CC(C)C2CC3OC(OC4OC(CO)C(O)C(O)C4O)CC4C(C)(O)C(O)C(O)C(C2(C)C1=O)C34C. The minimum Gasteiger partial charge on any atom is -0.493 e. The number of aliphatic hydroxyl groups excluding tert-OH is 6. The monoisotopic (exact) mass is 558 g/mol. The number of methoxy groups -OCH3 is 1. The van der Waals surface area contributed by atoms with Gasteiger partial charge in [0.25, 0.3) is 0 Å². The molecule has 39 heavy (non-hydrogen) atoms. The number of carbonyl (C=O) groups is 1. The average molecular weight is 559 g/mol. The zero-order valence-corrected chi connectivity index (χ0v) is 22.9. The quantitative estimate of drug-likeness (QED) is 0.210. The summed E-state index contributed by atoms with van der Waals surface area (Å²) in [6.45, 7) is 6.45. The summed E-state index contributed by atoms with van der Waals surface area (Å²) in [7, 11) is 1.43. The Morgan fingerprint density at radius 2 is 1.67 bits per heavy atom. The smallest absolute Gasteiger partial charge is 0.203 e. The van der Waals surface area contributed by atoms with Crippen molar-refractivity contribution in [3.8, 4) is 0 Å². The molecule has 0 spiro atoms. The first kappa shape index (κ1) is 29.3. The molecule has 5 rings (SSSR count). The lowest BCUT2D eigenvalue weighted by atomic mass is 9.37. The minimum absolute atomic E-state index is 0.00671. The van der Waals surface area contributed by atoms with E-state index >= 15 is 0 Å². The lowest BCUT2D eigenvalue weighted by Crippen LogP contribution is -2.78. The Bertz CT molecular complexity index is 999. The Labute approximate surface area is 227 Å². The van der Waals surface area contributed by atoms with Gasteiger partial charge in [0.1, 0.15) is 30.5 Å². The van der Waals surface area contributed by atoms with Crippen LogP contribution in [0.2, 0.25) is 0 Å². The highest BCUT2D eigenvalue weighted by molar-refractivity contribution is 5.99. The molecule has 0 amide bonds. The van der Waals surface area contributed by atoms with Crippen molar-refractivity contribution in [3.05, 3.63) is 11.8 Å². The van der Waals surface area contributed by atoms with E-state index in [0.29, 0.717) is 6.42 Å². The van der Waals surface area contributed by atoms with Gasteiger partial charge in [-0.2, -0.15) is 0 Å². The van der Waals surface area contributed by atoms with Gasteiger partial charge in [-0.25, -0.2) is 0 Å². The van der Waals surface area contributed by atoms with Crippen LogP contribution in [0, 0.1) is 34.5 Å². The van der Waals surface area contributed by atoms with E-state index in [1.165, 1.54) is 14.0 Å². The Balaban J connectivity index is 1.53. The van der Waals surface area contributed by atoms with Crippen LogP contribution in [0.5, 0.6) is 0 Å². The third kappa shape index (κ3) is 3.91. The average Bonchev–Trinajstić information content (AvgIpc) is 2.88. The fourth-order valence-electron chi connectivity index (χ4n) is 8.80. The third-order valence-corrected chi connectivity index (χ3v) is 10.8. The van der Waals surface area contributed by atoms with Gasteiger partial charge in [0.15, 0.2) is 18.3 Å². The van der Waals surface area contributed by atoms with Crippen molar-refractivity contribution >= 4 is 5.78 Å². The van der Waals surface area contributed by atoms with Crippen LogP contribution in [0.1, 0.15) is 40.5 Å². The van der Waals surface area contributed by atoms with Crippen LogP contribution in [0.15, 0.2) is 11.8 Å². The maximum Gasteiger partial charge on any atom is 0.203 e. The first-order chi connectivity index (χ1) is 18.1. The van der Waals surface area contributed by atoms with Crippen molar-refractivity contribution in [2.75, 3.05) is 13.7 Å². The molecular weight excluding hydrogens is 516 g/mol. The molecule has 5 aliphatic rings. The van der Waals surface area contributed by atoms with Crippen LogP contribution in [0.3, 0.4) is 0 Å². The molecule has 7 N–H and O–H groups in total. The van der Waals surface area contributed by atoms with E-state index in [9.17, 15) is 40.5 Å². The second-order valence-electron chi connectivity index (χ2n) is 12.7. The van der Waals surface area contributed by atoms with Gasteiger partial charge in [-0.15, -0.1) is 0 Å². The van der Waals surface area contributed by atoms with Gasteiger partial charge in [-0.3, -0.25) is 4.79 Å². The number of fused-ring (bicyclic) bond motifs is 2. The van der Waals surface area contributed by atoms with Crippen LogP contribution < -0.4 is 0 Å². The van der Waals surface area contributed by atoms with Gasteiger partial charge >= 0.3 is 0 Å². The molecule has 16 atom stereocenters. The zero-order chi connectivity index (χ0) is 28.8. The Kier molecular flexibility index (Phi) is 7.28. The van der Waals surface area contributed by atoms with E-state index in [1.54, 1.807) is 13.0 Å². The van der Waals surface area contributed by atoms with E-state index in [-0.39, 0.29) is 29.8 Å². The van der Waals surface area contributed by atoms with E-state index in [2.05, 4.69) is 0 Å². The van der Waals surface area contributed by atoms with Crippen LogP contribution in [0.4, 0.5) is 0 Å². The molecular formula is C27H42O12. The molecule has 0 radical (unpaired) electrons. The number of aliphatic hydroxyl groups is 7. The number of ether oxygens (including phenoxy) is 4. The number of rotatable bonds is 4. The summed E-state index contributed by atoms with van der Waals surface area (Å²) in [5.41, 5.74) is -3.89. The molecule has 0 aromatic carbocycles. The molecule has 3 aliphatic carbocycles. The maximum atomic E-state index is 13.8. The lowest BCUT2D eigenvalue weighted by molar-refractivity contribution is -0.391. The van der Waals surface area contributed by atoms with Crippen LogP contribution in [-0.2, 0) is 23.7 Å². The number of Topliss-reactive ketones (excluding diaryl/α,β-unsaturated/α-hetero) is 1. The third-order valence-electron chi connectivity index (χ3n) is 10.8. The Morgan fingerprint density at radius 3 is 2.28 bits per heavy atom. The van der Waals surface area contributed by atoms with Gasteiger partial charge in [0.2, 0.25) is 5.78 Å². The van der Waals surface area contributed by atoms with Crippen LogP contribution in [-0.4, -0.2) is 116 Å². The first-order valence-electron chi connectivity index (χ1n) is 13.7. The van der Waals surface area contributed by atoms with Crippen LogP contribution >= 0.6 is 0 Å². The second kappa shape index (κ2) is 9.69. The largest absolute Gasteiger partial charge is 0.493 e. The summed E-state index contributed by atoms with van der Waals surface area (Å²) in [4.78, 5) is 13.8. The van der Waals surface area contributed by atoms with E-state index < -0.39 is 90.2 Å². The molecule has 222 valence electrons. The predicted molar refractivity (Wildman–Crippen MR) is 131 cm³/mol. The molecule has 2 aliphatic heterocycles. The molecule has 0 bridgehead atoms. The molecule has 12 heteroatoms. The Hall–Kier alpha value is -1.19. The standard InChI is InChI=1S/C27H42O12/c1-10-6-12(36-5)22(33)25(2)11(10)7-15-26(3)14(27(4,35)23(34)20(32)21(25)26)8-16(38-15)39-24-19(31)18(30)17(29)13(9-28)37-24/h6,10-11,13-21,23-24,28-32,34-35H,7-9H2,1-5H3. The normalized spacial score (nSPS) is 57.3. The lowest BCUT2D eigenvalue weighted by Gasteiger charge is -2.70. The highest BCUT2D eigenvalue weighted by atomic mass is 16.8. The van der Waals surface area contributed by atoms with Crippen LogP contribution in [0.25, 0.3) is 0 Å². The van der Waals surface area contributed by atoms with Gasteiger partial charge in [0, 0.05) is 29.1 Å². The number of hydrogen-bond acceptors (Lipinski definition) is 12. The maximum absolute atomic E-state index is 13.8. The zero-order valence-electron chi connectivity index (χ0n) is 22.9. The predicted octanol–water partition coefficient (Wildman–Crippen LogP) is -1.58. The minimum atomic E-state index is -1.80. The van der Waals surface area contributed by atoms with Crippen molar-refractivity contribution in [2.45, 2.75) is 101 Å². The van der Waals surface area contributed by atoms with E-state index in [0.717, 1.165) is 0 Å². The van der Waals surface area contributed by atoms with Crippen molar-refractivity contribution < 1.29 is 59.5 Å². The molecule has 0 aromatic heterocycles. The highest BCUT2D eigenvalue weighted by Gasteiger charge is 2.75. The molecule has 12 nitrogen and oxygen atoms in total. The molecule has 2 saturated carbocycles. The second-order valence-corrected chi connectivity index (χ2v) is 12.7. The fraction of sp³-hybridized carbons (Fsp3) is 0.889. The van der Waals surface area contributed by atoms with Gasteiger partial charge < -0.3 is 54.7 Å². The van der Waals surface area contributed by atoms with Gasteiger partial charge in [0.05, 0.1) is 31.5 Å². The summed E-state index contributed by atoms with van der Waals surface area (Å²) < 4.78 is 23.3. The first-order valence-corrected chi connectivity index (χ1v) is 13.7. The molecule has 16 unspecified atom stereocenters. The van der Waals surface area contributed by atoms with Crippen molar-refractivity contribution in [3.63, 3.8) is 0 Å². The number of ketones is 1. The highest BCUT2D eigenvalue weighted by Crippen LogP contribution is 2.69. The van der Waals surface area contributed by atoms with Gasteiger partial charge in [-0.05, 0) is 31.3 Å². The van der Waals surface area contributed by atoms with Crippen molar-refractivity contribution in [2.24, 2.45) is 34.5 Å². The molecule has 4 fully saturated rings. The Morgan fingerprint density at radius 1 is 1.00 bits per heavy atom. The van der Waals surface area contributed by atoms with Gasteiger partial charge in [-0.1, -0.05) is 20.8 Å². The summed E-state index contributed by atoms with van der Waals surface area (Å²) in [5.74, 6) is -1.99. The topological polar surface area (TPSA) is 196 Å².